The summed E-state index contributed by atoms with van der Waals surface area (Å²) in [7, 11) is 1.65. The molecule has 1 aliphatic rings. The Morgan fingerprint density at radius 1 is 1.22 bits per heavy atom. The maximum Gasteiger partial charge on any atom is 0.317 e. The Hall–Kier alpha value is -1.62. The van der Waals surface area contributed by atoms with E-state index in [1.165, 1.54) is 0 Å². The van der Waals surface area contributed by atoms with E-state index in [2.05, 4.69) is 10.2 Å². The van der Waals surface area contributed by atoms with Gasteiger partial charge in [-0.3, -0.25) is 0 Å². The Morgan fingerprint density at radius 3 is 2.35 bits per heavy atom. The number of urea groups is 1. The van der Waals surface area contributed by atoms with E-state index in [1.807, 2.05) is 44.7 Å². The van der Waals surface area contributed by atoms with E-state index in [0.29, 0.717) is 18.1 Å². The van der Waals surface area contributed by atoms with E-state index >= 15 is 0 Å². The van der Waals surface area contributed by atoms with Crippen molar-refractivity contribution in [1.82, 2.24) is 10.2 Å². The van der Waals surface area contributed by atoms with Gasteiger partial charge in [-0.1, -0.05) is 11.6 Å². The van der Waals surface area contributed by atoms with Crippen molar-refractivity contribution in [3.05, 3.63) is 22.7 Å². The van der Waals surface area contributed by atoms with Crippen LogP contribution in [0.3, 0.4) is 0 Å². The zero-order chi connectivity index (χ0) is 17.2. The predicted octanol–water partition coefficient (Wildman–Crippen LogP) is 3.29. The number of nitrogens with one attached hydrogen (secondary N) is 1. The van der Waals surface area contributed by atoms with Crippen LogP contribution in [0.5, 0.6) is 5.75 Å². The summed E-state index contributed by atoms with van der Waals surface area (Å²) in [4.78, 5) is 16.3. The minimum absolute atomic E-state index is 0.00333. The molecule has 1 N–H and O–H groups in total. The Balaban J connectivity index is 2.05. The Kier molecular flexibility index (Phi) is 5.30. The molecule has 1 saturated heterocycles. The second kappa shape index (κ2) is 6.87. The minimum Gasteiger partial charge on any atom is -0.495 e. The topological polar surface area (TPSA) is 44.8 Å². The van der Waals surface area contributed by atoms with Crippen molar-refractivity contribution in [3.8, 4) is 5.75 Å². The molecule has 128 valence electrons. The van der Waals surface area contributed by atoms with Gasteiger partial charge in [0, 0.05) is 42.8 Å². The highest BCUT2D eigenvalue weighted by Crippen LogP contribution is 2.34. The molecule has 23 heavy (non-hydrogen) atoms. The molecule has 2 rings (SSSR count). The normalized spacial score (nSPS) is 15.6. The van der Waals surface area contributed by atoms with E-state index in [4.69, 9.17) is 16.3 Å². The van der Waals surface area contributed by atoms with E-state index < -0.39 is 0 Å². The van der Waals surface area contributed by atoms with Crippen molar-refractivity contribution in [1.29, 1.82) is 0 Å². The van der Waals surface area contributed by atoms with Crippen LogP contribution < -0.4 is 15.0 Å². The number of halogens is 1. The number of nitrogens with zero attached hydrogens (tertiary/aromatic N) is 2. The van der Waals surface area contributed by atoms with Crippen LogP contribution in [0.25, 0.3) is 0 Å². The largest absolute Gasteiger partial charge is 0.495 e. The van der Waals surface area contributed by atoms with Gasteiger partial charge in [-0.2, -0.15) is 0 Å². The van der Waals surface area contributed by atoms with Crippen molar-refractivity contribution in [2.45, 2.75) is 33.2 Å². The summed E-state index contributed by atoms with van der Waals surface area (Å²) in [5, 5.41) is 3.71. The Morgan fingerprint density at radius 2 is 1.83 bits per heavy atom. The van der Waals surface area contributed by atoms with Crippen LogP contribution in [0, 0.1) is 6.92 Å². The van der Waals surface area contributed by atoms with Crippen molar-refractivity contribution in [2.75, 3.05) is 38.2 Å². The molecule has 0 atom stereocenters. The number of methoxy groups -OCH3 is 1. The fourth-order valence-electron chi connectivity index (χ4n) is 2.61. The summed E-state index contributed by atoms with van der Waals surface area (Å²) in [6, 6.07) is 3.90. The van der Waals surface area contributed by atoms with Crippen LogP contribution in [0.15, 0.2) is 12.1 Å². The van der Waals surface area contributed by atoms with Gasteiger partial charge in [0.2, 0.25) is 0 Å². The van der Waals surface area contributed by atoms with E-state index in [0.717, 1.165) is 30.1 Å². The summed E-state index contributed by atoms with van der Waals surface area (Å²) < 4.78 is 5.46. The van der Waals surface area contributed by atoms with Crippen molar-refractivity contribution < 1.29 is 9.53 Å². The SMILES string of the molecule is COc1cc(Cl)c(C)cc1N1CCN(C(=O)NC(C)(C)C)CC1. The van der Waals surface area contributed by atoms with Crippen LogP contribution >= 0.6 is 11.6 Å². The molecule has 5 nitrogen and oxygen atoms in total. The maximum atomic E-state index is 12.2. The molecule has 1 aromatic rings. The van der Waals surface area contributed by atoms with Crippen LogP contribution in [-0.2, 0) is 0 Å². The lowest BCUT2D eigenvalue weighted by molar-refractivity contribution is 0.185. The van der Waals surface area contributed by atoms with Gasteiger partial charge in [0.25, 0.3) is 0 Å². The average Bonchev–Trinajstić information content (AvgIpc) is 2.48. The van der Waals surface area contributed by atoms with E-state index in [9.17, 15) is 4.79 Å². The van der Waals surface area contributed by atoms with Crippen LogP contribution in [0.2, 0.25) is 5.02 Å². The van der Waals surface area contributed by atoms with Gasteiger partial charge in [-0.25, -0.2) is 4.79 Å². The van der Waals surface area contributed by atoms with Gasteiger partial charge in [0.15, 0.2) is 0 Å². The number of anilines is 1. The monoisotopic (exact) mass is 339 g/mol. The molecule has 0 spiro atoms. The molecule has 0 radical (unpaired) electrons. The highest BCUT2D eigenvalue weighted by Gasteiger charge is 2.25. The third kappa shape index (κ3) is 4.44. The van der Waals surface area contributed by atoms with E-state index in [-0.39, 0.29) is 11.6 Å². The summed E-state index contributed by atoms with van der Waals surface area (Å²) in [5.41, 5.74) is 1.84. The molecular weight excluding hydrogens is 314 g/mol. The van der Waals surface area contributed by atoms with Gasteiger partial charge >= 0.3 is 6.03 Å². The smallest absolute Gasteiger partial charge is 0.317 e. The summed E-state index contributed by atoms with van der Waals surface area (Å²) >= 11 is 6.17. The Bertz CT molecular complexity index is 576. The van der Waals surface area contributed by atoms with E-state index in [1.54, 1.807) is 7.11 Å². The standard InChI is InChI=1S/C17H26ClN3O2/c1-12-10-14(15(23-5)11-13(12)18)20-6-8-21(9-7-20)16(22)19-17(2,3)4/h10-11H,6-9H2,1-5H3,(H,19,22). The average molecular weight is 340 g/mol. The first-order valence-corrected chi connectivity index (χ1v) is 8.25. The lowest BCUT2D eigenvalue weighted by Gasteiger charge is -2.38. The number of aryl methyl sites for hydroxylation is 1. The number of amides is 2. The number of piperazine rings is 1. The molecular formula is C17H26ClN3O2. The van der Waals surface area contributed by atoms with Crippen molar-refractivity contribution >= 4 is 23.3 Å². The molecule has 6 heteroatoms. The number of benzene rings is 1. The number of rotatable bonds is 2. The molecule has 1 heterocycles. The quantitative estimate of drug-likeness (QED) is 0.899. The van der Waals surface area contributed by atoms with Crippen LogP contribution in [0.1, 0.15) is 26.3 Å². The van der Waals surface area contributed by atoms with Crippen LogP contribution in [-0.4, -0.2) is 49.8 Å². The maximum absolute atomic E-state index is 12.2. The molecule has 2 amide bonds. The molecule has 1 aromatic carbocycles. The first kappa shape index (κ1) is 17.7. The third-order valence-electron chi connectivity index (χ3n) is 3.85. The van der Waals surface area contributed by atoms with Gasteiger partial charge in [-0.15, -0.1) is 0 Å². The van der Waals surface area contributed by atoms with Crippen molar-refractivity contribution in [3.63, 3.8) is 0 Å². The van der Waals surface area contributed by atoms with Gasteiger partial charge < -0.3 is 19.9 Å². The number of hydrogen-bond donors (Lipinski definition) is 1. The van der Waals surface area contributed by atoms with Gasteiger partial charge in [-0.05, 0) is 39.3 Å². The lowest BCUT2D eigenvalue weighted by atomic mass is 10.1. The molecule has 0 saturated carbocycles. The molecule has 1 fully saturated rings. The first-order valence-electron chi connectivity index (χ1n) is 7.87. The molecule has 1 aliphatic heterocycles. The zero-order valence-electron chi connectivity index (χ0n) is 14.6. The fraction of sp³-hybridized carbons (Fsp3) is 0.588. The second-order valence-corrected chi connectivity index (χ2v) is 7.33. The highest BCUT2D eigenvalue weighted by atomic mass is 35.5. The summed E-state index contributed by atoms with van der Waals surface area (Å²) in [6.07, 6.45) is 0. The number of ether oxygens (including phenoxy) is 1. The summed E-state index contributed by atoms with van der Waals surface area (Å²) in [6.45, 7) is 10.9. The minimum atomic E-state index is -0.218. The lowest BCUT2D eigenvalue weighted by Crippen LogP contribution is -2.55. The van der Waals surface area contributed by atoms with Gasteiger partial charge in [0.1, 0.15) is 5.75 Å². The fourth-order valence-corrected chi connectivity index (χ4v) is 2.76. The first-order chi connectivity index (χ1) is 10.7. The van der Waals surface area contributed by atoms with Gasteiger partial charge in [0.05, 0.1) is 12.8 Å². The zero-order valence-corrected chi connectivity index (χ0v) is 15.3. The summed E-state index contributed by atoms with van der Waals surface area (Å²) in [5.74, 6) is 0.771. The second-order valence-electron chi connectivity index (χ2n) is 6.93. The number of carbonyl (C=O) groups is 1. The third-order valence-corrected chi connectivity index (χ3v) is 4.26. The Labute approximate surface area is 143 Å². The predicted molar refractivity (Wildman–Crippen MR) is 94.8 cm³/mol. The molecule has 0 aromatic heterocycles. The van der Waals surface area contributed by atoms with Crippen molar-refractivity contribution in [2.24, 2.45) is 0 Å². The molecule has 0 aliphatic carbocycles. The number of hydrogen-bond acceptors (Lipinski definition) is 3. The molecule has 0 bridgehead atoms. The number of carbonyl (C=O) groups excluding carboxylic acids is 1. The van der Waals surface area contributed by atoms with Crippen LogP contribution in [0.4, 0.5) is 10.5 Å². The highest BCUT2D eigenvalue weighted by molar-refractivity contribution is 6.31. The molecule has 0 unspecified atom stereocenters.